The van der Waals surface area contributed by atoms with Crippen LogP contribution in [0, 0.1) is 12.3 Å². The summed E-state index contributed by atoms with van der Waals surface area (Å²) >= 11 is 0. The quantitative estimate of drug-likeness (QED) is 0.349. The average molecular weight is 112 g/mol. The fourth-order valence-corrected chi connectivity index (χ4v) is 0.193. The van der Waals surface area contributed by atoms with Crippen molar-refractivity contribution in [1.82, 2.24) is 4.90 Å². The highest BCUT2D eigenvalue weighted by molar-refractivity contribution is 5.92. The van der Waals surface area contributed by atoms with Crippen molar-refractivity contribution in [2.75, 3.05) is 13.7 Å². The summed E-state index contributed by atoms with van der Waals surface area (Å²) in [4.78, 5) is 11.6. The summed E-state index contributed by atoms with van der Waals surface area (Å²) in [5, 5.41) is 0. The molecule has 3 heteroatoms. The minimum absolute atomic E-state index is 0.170. The molecular weight excluding hydrogens is 104 g/mol. The van der Waals surface area contributed by atoms with Crippen LogP contribution in [-0.2, 0) is 4.79 Å². The van der Waals surface area contributed by atoms with Gasteiger partial charge in [0.25, 0.3) is 5.91 Å². The number of hydrogen-bond acceptors (Lipinski definition) is 2. The lowest BCUT2D eigenvalue weighted by molar-refractivity contribution is -0.123. The number of nitrogens with zero attached hydrogens (tertiary/aromatic N) is 1. The monoisotopic (exact) mass is 112 g/mol. The first-order valence-corrected chi connectivity index (χ1v) is 2.14. The van der Waals surface area contributed by atoms with Crippen LogP contribution in [0.4, 0.5) is 0 Å². The fraction of sp³-hybridized carbons (Fsp3) is 0.400. The maximum absolute atomic E-state index is 10.4. The molecule has 3 nitrogen and oxygen atoms in total. The second-order valence-electron chi connectivity index (χ2n) is 1.33. The van der Waals surface area contributed by atoms with E-state index < -0.39 is 0 Å². The summed E-state index contributed by atoms with van der Waals surface area (Å²) in [7, 11) is 1.54. The molecule has 0 saturated heterocycles. The third-order valence-corrected chi connectivity index (χ3v) is 0.744. The number of carbonyl (C=O) groups is 1. The zero-order valence-electron chi connectivity index (χ0n) is 4.72. The minimum Gasteiger partial charge on any atom is -0.322 e. The molecule has 0 aliphatic carbocycles. The molecule has 0 heterocycles. The Morgan fingerprint density at radius 2 is 2.50 bits per heavy atom. The molecule has 0 aliphatic heterocycles. The standard InChI is InChI=1S/C5H8N2O/c1-3-5(8)7(2)4-6/h1H,4,6H2,2H3. The van der Waals surface area contributed by atoms with E-state index >= 15 is 0 Å². The average Bonchev–Trinajstić information content (AvgIpc) is 1.84. The predicted molar refractivity (Wildman–Crippen MR) is 30.7 cm³/mol. The number of hydrogen-bond donors (Lipinski definition) is 1. The molecule has 0 spiro atoms. The van der Waals surface area contributed by atoms with Gasteiger partial charge in [0.2, 0.25) is 0 Å². The van der Waals surface area contributed by atoms with Crippen LogP contribution in [0.3, 0.4) is 0 Å². The van der Waals surface area contributed by atoms with Gasteiger partial charge in [0.1, 0.15) is 0 Å². The Bertz CT molecular complexity index is 125. The zero-order chi connectivity index (χ0) is 6.57. The van der Waals surface area contributed by atoms with Crippen LogP contribution in [0.1, 0.15) is 0 Å². The number of terminal acetylenes is 1. The maximum atomic E-state index is 10.4. The fourth-order valence-electron chi connectivity index (χ4n) is 0.193. The molecule has 0 aromatic rings. The number of amides is 1. The highest BCUT2D eigenvalue weighted by Crippen LogP contribution is 1.74. The zero-order valence-corrected chi connectivity index (χ0v) is 4.72. The van der Waals surface area contributed by atoms with Gasteiger partial charge in [0, 0.05) is 7.05 Å². The number of rotatable bonds is 1. The van der Waals surface area contributed by atoms with E-state index in [9.17, 15) is 4.79 Å². The SMILES string of the molecule is C#CC(=O)N(C)CN. The topological polar surface area (TPSA) is 46.3 Å². The molecule has 0 fully saturated rings. The van der Waals surface area contributed by atoms with E-state index in [2.05, 4.69) is 0 Å². The Morgan fingerprint density at radius 3 is 2.62 bits per heavy atom. The molecule has 0 bridgehead atoms. The van der Waals surface area contributed by atoms with Crippen molar-refractivity contribution in [3.05, 3.63) is 0 Å². The van der Waals surface area contributed by atoms with Gasteiger partial charge in [-0.05, 0) is 5.92 Å². The van der Waals surface area contributed by atoms with Crippen LogP contribution in [-0.4, -0.2) is 24.5 Å². The van der Waals surface area contributed by atoms with Crippen molar-refractivity contribution in [2.45, 2.75) is 0 Å². The first-order valence-electron chi connectivity index (χ1n) is 2.14. The Balaban J connectivity index is 3.68. The Morgan fingerprint density at radius 1 is 2.00 bits per heavy atom. The van der Waals surface area contributed by atoms with Gasteiger partial charge < -0.3 is 10.6 Å². The lowest BCUT2D eigenvalue weighted by Crippen LogP contribution is -2.30. The van der Waals surface area contributed by atoms with Crippen LogP contribution in [0.15, 0.2) is 0 Å². The highest BCUT2D eigenvalue weighted by atomic mass is 16.2. The van der Waals surface area contributed by atoms with Crippen LogP contribution in [0.25, 0.3) is 0 Å². The normalized spacial score (nSPS) is 7.62. The van der Waals surface area contributed by atoms with Crippen LogP contribution in [0.5, 0.6) is 0 Å². The van der Waals surface area contributed by atoms with Crippen molar-refractivity contribution in [3.63, 3.8) is 0 Å². The van der Waals surface area contributed by atoms with Crippen molar-refractivity contribution in [3.8, 4) is 12.3 Å². The van der Waals surface area contributed by atoms with Gasteiger partial charge in [-0.15, -0.1) is 6.42 Å². The molecule has 0 atom stereocenters. The minimum atomic E-state index is -0.382. The Kier molecular flexibility index (Phi) is 2.67. The van der Waals surface area contributed by atoms with E-state index in [1.165, 1.54) is 4.90 Å². The maximum Gasteiger partial charge on any atom is 0.298 e. The summed E-state index contributed by atoms with van der Waals surface area (Å²) in [5.74, 6) is 1.54. The van der Waals surface area contributed by atoms with E-state index in [0.29, 0.717) is 0 Å². The second kappa shape index (κ2) is 3.05. The van der Waals surface area contributed by atoms with Crippen molar-refractivity contribution in [1.29, 1.82) is 0 Å². The molecule has 0 rings (SSSR count). The molecule has 1 amide bonds. The molecular formula is C5H8N2O. The third-order valence-electron chi connectivity index (χ3n) is 0.744. The van der Waals surface area contributed by atoms with E-state index in [0.717, 1.165) is 0 Å². The lowest BCUT2D eigenvalue weighted by atomic mass is 10.6. The highest BCUT2D eigenvalue weighted by Gasteiger charge is 1.98. The largest absolute Gasteiger partial charge is 0.322 e. The third kappa shape index (κ3) is 1.63. The van der Waals surface area contributed by atoms with Crippen molar-refractivity contribution in [2.24, 2.45) is 5.73 Å². The van der Waals surface area contributed by atoms with E-state index in [-0.39, 0.29) is 12.6 Å². The van der Waals surface area contributed by atoms with Gasteiger partial charge in [-0.25, -0.2) is 0 Å². The van der Waals surface area contributed by atoms with Gasteiger partial charge >= 0.3 is 0 Å². The molecule has 0 unspecified atom stereocenters. The first-order chi connectivity index (χ1) is 3.72. The van der Waals surface area contributed by atoms with Crippen LogP contribution in [0.2, 0.25) is 0 Å². The molecule has 44 valence electrons. The lowest BCUT2D eigenvalue weighted by Gasteiger charge is -2.07. The molecule has 8 heavy (non-hydrogen) atoms. The van der Waals surface area contributed by atoms with Gasteiger partial charge in [-0.1, -0.05) is 0 Å². The van der Waals surface area contributed by atoms with Gasteiger partial charge in [-0.2, -0.15) is 0 Å². The molecule has 0 aromatic heterocycles. The van der Waals surface area contributed by atoms with Crippen molar-refractivity contribution >= 4 is 5.91 Å². The van der Waals surface area contributed by atoms with E-state index in [4.69, 9.17) is 12.2 Å². The molecule has 0 saturated carbocycles. The summed E-state index contributed by atoms with van der Waals surface area (Å²) in [6.45, 7) is 0.170. The van der Waals surface area contributed by atoms with E-state index in [1.54, 1.807) is 7.05 Å². The van der Waals surface area contributed by atoms with Gasteiger partial charge in [-0.3, -0.25) is 4.79 Å². The number of carbonyl (C=O) groups excluding carboxylic acids is 1. The van der Waals surface area contributed by atoms with E-state index in [1.807, 2.05) is 5.92 Å². The Hall–Kier alpha value is -1.01. The molecule has 0 aliphatic rings. The first kappa shape index (κ1) is 6.99. The second-order valence-corrected chi connectivity index (χ2v) is 1.33. The molecule has 0 aromatic carbocycles. The summed E-state index contributed by atoms with van der Waals surface area (Å²) in [5.41, 5.74) is 5.06. The van der Waals surface area contributed by atoms with Gasteiger partial charge in [0.05, 0.1) is 6.67 Å². The van der Waals surface area contributed by atoms with Gasteiger partial charge in [0.15, 0.2) is 0 Å². The molecule has 0 radical (unpaired) electrons. The smallest absolute Gasteiger partial charge is 0.298 e. The number of nitrogens with two attached hydrogens (primary N) is 1. The van der Waals surface area contributed by atoms with Crippen LogP contribution >= 0.6 is 0 Å². The molecule has 2 N–H and O–H groups in total. The summed E-state index contributed by atoms with van der Waals surface area (Å²) in [6, 6.07) is 0. The summed E-state index contributed by atoms with van der Waals surface area (Å²) in [6.07, 6.45) is 4.75. The van der Waals surface area contributed by atoms with Crippen molar-refractivity contribution < 1.29 is 4.79 Å². The Labute approximate surface area is 48.5 Å². The summed E-state index contributed by atoms with van der Waals surface area (Å²) < 4.78 is 0. The van der Waals surface area contributed by atoms with Crippen LogP contribution < -0.4 is 5.73 Å². The predicted octanol–water partition coefficient (Wildman–Crippen LogP) is -1.01.